The average molecular weight is 505 g/mol. The number of aromatic nitrogens is 4. The zero-order chi connectivity index (χ0) is 27.0. The third-order valence-electron chi connectivity index (χ3n) is 7.08. The quantitative estimate of drug-likeness (QED) is 0.238. The zero-order valence-electron chi connectivity index (χ0n) is 22.3. The minimum atomic E-state index is 0.0974. The summed E-state index contributed by atoms with van der Waals surface area (Å²) in [7, 11) is 0. The highest BCUT2D eigenvalue weighted by molar-refractivity contribution is 5.95. The van der Waals surface area contributed by atoms with E-state index in [1.54, 1.807) is 18.2 Å². The fourth-order valence-electron chi connectivity index (χ4n) is 4.80. The first kappa shape index (κ1) is 25.2. The molecule has 6 heteroatoms. The number of nitrogens with zero attached hydrogens (tertiary/aromatic N) is 4. The lowest BCUT2D eigenvalue weighted by Crippen LogP contribution is -2.01. The number of hydrogen-bond acceptors (Lipinski definition) is 5. The van der Waals surface area contributed by atoms with Gasteiger partial charge in [-0.2, -0.15) is 0 Å². The van der Waals surface area contributed by atoms with Crippen LogP contribution in [0.2, 0.25) is 0 Å². The van der Waals surface area contributed by atoms with Crippen LogP contribution in [0.5, 0.6) is 11.5 Å². The number of hydrogen-bond donors (Lipinski definition) is 2. The van der Waals surface area contributed by atoms with E-state index in [1.165, 1.54) is 0 Å². The number of fused-ring (bicyclic) bond motifs is 1. The summed E-state index contributed by atoms with van der Waals surface area (Å²) in [5.41, 5.74) is 6.43. The van der Waals surface area contributed by atoms with E-state index in [0.717, 1.165) is 52.5 Å². The molecule has 3 aromatic carbocycles. The molecule has 0 aliphatic heterocycles. The molecule has 0 atom stereocenters. The Morgan fingerprint density at radius 3 is 2.21 bits per heavy atom. The first-order valence-electron chi connectivity index (χ1n) is 12.9. The molecule has 0 saturated heterocycles. The maximum absolute atomic E-state index is 11.1. The molecular formula is C32H32N4O2. The van der Waals surface area contributed by atoms with E-state index in [0.29, 0.717) is 34.2 Å². The van der Waals surface area contributed by atoms with Gasteiger partial charge in [0.05, 0.1) is 11.1 Å². The normalized spacial score (nSPS) is 11.3. The summed E-state index contributed by atoms with van der Waals surface area (Å²) in [4.78, 5) is 14.5. The van der Waals surface area contributed by atoms with Crippen LogP contribution >= 0.6 is 0 Å². The second-order valence-electron chi connectivity index (χ2n) is 9.77. The number of phenols is 2. The van der Waals surface area contributed by atoms with E-state index in [1.807, 2.05) is 32.0 Å². The summed E-state index contributed by atoms with van der Waals surface area (Å²) in [5.74, 6) is 1.39. The van der Waals surface area contributed by atoms with Gasteiger partial charge >= 0.3 is 0 Å². The van der Waals surface area contributed by atoms with Gasteiger partial charge in [0.1, 0.15) is 11.5 Å². The van der Waals surface area contributed by atoms with Crippen molar-refractivity contribution in [3.05, 3.63) is 83.6 Å². The molecule has 6 nitrogen and oxygen atoms in total. The topological polar surface area (TPSA) is 84.1 Å². The summed E-state index contributed by atoms with van der Waals surface area (Å²) < 4.78 is 2.25. The molecule has 0 aliphatic carbocycles. The molecule has 0 radical (unpaired) electrons. The van der Waals surface area contributed by atoms with E-state index >= 15 is 0 Å². The van der Waals surface area contributed by atoms with Crippen LogP contribution in [-0.2, 0) is 6.54 Å². The fraction of sp³-hybridized carbons (Fsp3) is 0.219. The minimum Gasteiger partial charge on any atom is -0.507 e. The molecule has 192 valence electrons. The number of aromatic hydroxyl groups is 2. The van der Waals surface area contributed by atoms with Crippen molar-refractivity contribution >= 4 is 17.0 Å². The molecule has 38 heavy (non-hydrogen) atoms. The summed E-state index contributed by atoms with van der Waals surface area (Å²) in [5, 5.41) is 23.0. The highest BCUT2D eigenvalue weighted by Crippen LogP contribution is 2.37. The Kier molecular flexibility index (Phi) is 6.72. The van der Waals surface area contributed by atoms with E-state index in [9.17, 15) is 10.2 Å². The lowest BCUT2D eigenvalue weighted by Gasteiger charge is -2.12. The monoisotopic (exact) mass is 504 g/mol. The van der Waals surface area contributed by atoms with E-state index in [-0.39, 0.29) is 11.5 Å². The average Bonchev–Trinajstić information content (AvgIpc) is 3.27. The number of phenolic OH excluding ortho intramolecular Hbond substituents is 2. The summed E-state index contributed by atoms with van der Waals surface area (Å²) in [6.45, 7) is 12.7. The molecule has 0 saturated carbocycles. The minimum absolute atomic E-state index is 0.0974. The van der Waals surface area contributed by atoms with E-state index in [4.69, 9.17) is 15.0 Å². The lowest BCUT2D eigenvalue weighted by atomic mass is 10.0. The Morgan fingerprint density at radius 2 is 1.53 bits per heavy atom. The number of aryl methyl sites for hydroxylation is 3. The van der Waals surface area contributed by atoms with Gasteiger partial charge in [-0.05, 0) is 68.1 Å². The molecule has 2 N–H and O–H groups in total. The van der Waals surface area contributed by atoms with Gasteiger partial charge in [-0.1, -0.05) is 55.8 Å². The van der Waals surface area contributed by atoms with Crippen LogP contribution in [-0.4, -0.2) is 29.7 Å². The Balaban J connectivity index is 1.81. The smallest absolute Gasteiger partial charge is 0.167 e. The number of benzene rings is 3. The molecule has 5 rings (SSSR count). The van der Waals surface area contributed by atoms with Crippen molar-refractivity contribution in [1.29, 1.82) is 0 Å². The van der Waals surface area contributed by atoms with Crippen LogP contribution < -0.4 is 0 Å². The molecule has 5 aromatic rings. The number of para-hydroxylation sites is 1. The first-order chi connectivity index (χ1) is 18.3. The summed E-state index contributed by atoms with van der Waals surface area (Å²) in [6.07, 6.45) is 5.96. The molecular weight excluding hydrogens is 472 g/mol. The van der Waals surface area contributed by atoms with E-state index < -0.39 is 0 Å². The van der Waals surface area contributed by atoms with E-state index in [2.05, 4.69) is 49.4 Å². The maximum atomic E-state index is 11.1. The predicted octanol–water partition coefficient (Wildman–Crippen LogP) is 7.61. The van der Waals surface area contributed by atoms with Gasteiger partial charge in [-0.25, -0.2) is 15.0 Å². The van der Waals surface area contributed by atoms with Crippen molar-refractivity contribution in [3.8, 4) is 45.7 Å². The van der Waals surface area contributed by atoms with Crippen LogP contribution in [0.15, 0.2) is 61.3 Å². The predicted molar refractivity (Wildman–Crippen MR) is 154 cm³/mol. The van der Waals surface area contributed by atoms with Crippen molar-refractivity contribution in [2.45, 2.75) is 47.1 Å². The Bertz CT molecular complexity index is 1680. The highest BCUT2D eigenvalue weighted by atomic mass is 16.3. The standard InChI is InChI=1S/C32H32N4O2/c1-6-8-16-36-18-26(25-17-19(3)12-15-27(25)36)32-34-30(23-11-9-10-20(4)28(23)37)33-31(35-32)24-14-13-22(7-2)21(5)29(24)38/h7,9-15,17-18,37-38H,2,6,8,16H2,1,3-5H3. The molecule has 2 aromatic heterocycles. The number of unbranched alkanes of at least 4 members (excludes halogenated alkanes) is 1. The van der Waals surface area contributed by atoms with Gasteiger partial charge in [0.2, 0.25) is 0 Å². The maximum Gasteiger partial charge on any atom is 0.167 e. The van der Waals surface area contributed by atoms with Gasteiger partial charge in [0, 0.05) is 29.2 Å². The zero-order valence-corrected chi connectivity index (χ0v) is 22.3. The SMILES string of the molecule is C=Cc1ccc(-c2nc(-c3cccc(C)c3O)nc(-c3cn(CCCC)c4ccc(C)cc34)n2)c(O)c1C. The largest absolute Gasteiger partial charge is 0.507 e. The third-order valence-corrected chi connectivity index (χ3v) is 7.08. The Morgan fingerprint density at radius 1 is 0.842 bits per heavy atom. The van der Waals surface area contributed by atoms with Crippen molar-refractivity contribution in [2.75, 3.05) is 0 Å². The lowest BCUT2D eigenvalue weighted by molar-refractivity contribution is 0.472. The van der Waals surface area contributed by atoms with Crippen LogP contribution in [0.1, 0.15) is 42.0 Å². The fourth-order valence-corrected chi connectivity index (χ4v) is 4.80. The van der Waals surface area contributed by atoms with Gasteiger partial charge in [0.15, 0.2) is 17.5 Å². The van der Waals surface area contributed by atoms with Gasteiger partial charge < -0.3 is 14.8 Å². The van der Waals surface area contributed by atoms with Crippen LogP contribution in [0.4, 0.5) is 0 Å². The first-order valence-corrected chi connectivity index (χ1v) is 12.9. The second kappa shape index (κ2) is 10.1. The van der Waals surface area contributed by atoms with Gasteiger partial charge in [-0.3, -0.25) is 0 Å². The van der Waals surface area contributed by atoms with Crippen molar-refractivity contribution in [3.63, 3.8) is 0 Å². The Hall–Kier alpha value is -4.45. The summed E-state index contributed by atoms with van der Waals surface area (Å²) in [6, 6.07) is 15.6. The summed E-state index contributed by atoms with van der Waals surface area (Å²) >= 11 is 0. The molecule has 0 spiro atoms. The van der Waals surface area contributed by atoms with Crippen LogP contribution in [0.25, 0.3) is 51.1 Å². The molecule has 0 amide bonds. The van der Waals surface area contributed by atoms with Crippen LogP contribution in [0, 0.1) is 20.8 Å². The highest BCUT2D eigenvalue weighted by Gasteiger charge is 2.21. The van der Waals surface area contributed by atoms with Crippen molar-refractivity contribution in [2.24, 2.45) is 0 Å². The molecule has 0 bridgehead atoms. The van der Waals surface area contributed by atoms with Crippen LogP contribution in [0.3, 0.4) is 0 Å². The van der Waals surface area contributed by atoms with Gasteiger partial charge in [-0.15, -0.1) is 0 Å². The van der Waals surface area contributed by atoms with Crippen molar-refractivity contribution < 1.29 is 10.2 Å². The molecule has 0 fully saturated rings. The van der Waals surface area contributed by atoms with Gasteiger partial charge in [0.25, 0.3) is 0 Å². The molecule has 0 aliphatic rings. The number of rotatable bonds is 7. The van der Waals surface area contributed by atoms with Crippen molar-refractivity contribution in [1.82, 2.24) is 19.5 Å². The Labute approximate surface area is 223 Å². The molecule has 0 unspecified atom stereocenters. The molecule has 2 heterocycles. The third kappa shape index (κ3) is 4.43. The second-order valence-corrected chi connectivity index (χ2v) is 9.77.